The number of hydrogen-bond acceptors (Lipinski definition) is 1. The van der Waals surface area contributed by atoms with Crippen molar-refractivity contribution in [2.24, 2.45) is 28.6 Å². The smallest absolute Gasteiger partial charge is 0.000285 e. The van der Waals surface area contributed by atoms with Crippen LogP contribution in [0.3, 0.4) is 0 Å². The molecule has 1 fully saturated rings. The van der Waals surface area contributed by atoms with Crippen molar-refractivity contribution in [1.29, 1.82) is 0 Å². The maximum atomic E-state index is 3.69. The minimum atomic E-state index is 0.434. The van der Waals surface area contributed by atoms with E-state index in [1.165, 1.54) is 12.8 Å². The van der Waals surface area contributed by atoms with E-state index in [-0.39, 0.29) is 0 Å². The monoisotopic (exact) mass is 239 g/mol. The molecule has 0 amide bonds. The van der Waals surface area contributed by atoms with Crippen LogP contribution < -0.4 is 5.32 Å². The Labute approximate surface area is 109 Å². The second kappa shape index (κ2) is 5.30. The van der Waals surface area contributed by atoms with E-state index in [1.54, 1.807) is 0 Å². The number of nitrogens with one attached hydrogen (secondary N) is 1. The summed E-state index contributed by atoms with van der Waals surface area (Å²) in [6.07, 6.45) is 2.70. The highest BCUT2D eigenvalue weighted by molar-refractivity contribution is 4.86. The standard InChI is InChI=1S/C16H33N/c1-12(2)14-9-16(6,7)11-17-10-15(4,5)8-13(14)3/h12-14,17H,8-11H2,1-7H3. The van der Waals surface area contributed by atoms with Crippen molar-refractivity contribution in [1.82, 2.24) is 5.32 Å². The van der Waals surface area contributed by atoms with Gasteiger partial charge in [0.1, 0.15) is 0 Å². The zero-order valence-electron chi connectivity index (χ0n) is 13.1. The molecule has 1 aliphatic heterocycles. The summed E-state index contributed by atoms with van der Waals surface area (Å²) in [6.45, 7) is 19.2. The SMILES string of the molecule is CC(C)C1CC(C)(C)CNCC(C)(C)CC1C. The third-order valence-electron chi connectivity index (χ3n) is 4.46. The van der Waals surface area contributed by atoms with Gasteiger partial charge in [-0.05, 0) is 41.4 Å². The summed E-state index contributed by atoms with van der Waals surface area (Å²) in [5, 5.41) is 3.69. The lowest BCUT2D eigenvalue weighted by Crippen LogP contribution is -2.35. The molecule has 2 atom stereocenters. The molecule has 1 heterocycles. The van der Waals surface area contributed by atoms with Crippen molar-refractivity contribution in [3.63, 3.8) is 0 Å². The van der Waals surface area contributed by atoms with E-state index in [1.807, 2.05) is 0 Å². The Balaban J connectivity index is 2.87. The largest absolute Gasteiger partial charge is 0.316 e. The first-order valence-electron chi connectivity index (χ1n) is 7.34. The van der Waals surface area contributed by atoms with E-state index < -0.39 is 0 Å². The van der Waals surface area contributed by atoms with Crippen LogP contribution in [0.25, 0.3) is 0 Å². The second-order valence-corrected chi connectivity index (χ2v) is 8.23. The van der Waals surface area contributed by atoms with Crippen molar-refractivity contribution in [3.05, 3.63) is 0 Å². The Morgan fingerprint density at radius 2 is 1.41 bits per heavy atom. The van der Waals surface area contributed by atoms with Gasteiger partial charge < -0.3 is 5.32 Å². The summed E-state index contributed by atoms with van der Waals surface area (Å²) in [5.74, 6) is 2.51. The summed E-state index contributed by atoms with van der Waals surface area (Å²) in [6, 6.07) is 0. The summed E-state index contributed by atoms with van der Waals surface area (Å²) in [7, 11) is 0. The number of rotatable bonds is 1. The molecule has 1 N–H and O–H groups in total. The highest BCUT2D eigenvalue weighted by Gasteiger charge is 2.34. The highest BCUT2D eigenvalue weighted by Crippen LogP contribution is 2.40. The Morgan fingerprint density at radius 3 is 1.88 bits per heavy atom. The first kappa shape index (κ1) is 15.0. The van der Waals surface area contributed by atoms with Gasteiger partial charge in [0.25, 0.3) is 0 Å². The second-order valence-electron chi connectivity index (χ2n) is 8.23. The molecule has 0 aromatic carbocycles. The number of hydrogen-bond donors (Lipinski definition) is 1. The van der Waals surface area contributed by atoms with Gasteiger partial charge >= 0.3 is 0 Å². The van der Waals surface area contributed by atoms with Crippen LogP contribution >= 0.6 is 0 Å². The predicted molar refractivity (Wildman–Crippen MR) is 77.2 cm³/mol. The van der Waals surface area contributed by atoms with E-state index in [4.69, 9.17) is 0 Å². The first-order chi connectivity index (χ1) is 7.63. The summed E-state index contributed by atoms with van der Waals surface area (Å²) >= 11 is 0. The molecule has 0 aromatic rings. The molecule has 1 aliphatic rings. The summed E-state index contributed by atoms with van der Waals surface area (Å²) < 4.78 is 0. The molecule has 17 heavy (non-hydrogen) atoms. The van der Waals surface area contributed by atoms with Crippen LogP contribution in [0, 0.1) is 28.6 Å². The molecule has 0 radical (unpaired) electrons. The first-order valence-corrected chi connectivity index (χ1v) is 7.34. The van der Waals surface area contributed by atoms with Gasteiger partial charge in [-0.15, -0.1) is 0 Å². The van der Waals surface area contributed by atoms with Gasteiger partial charge in [-0.2, -0.15) is 0 Å². The fourth-order valence-corrected chi connectivity index (χ4v) is 3.64. The van der Waals surface area contributed by atoms with Gasteiger partial charge in [0.2, 0.25) is 0 Å². The van der Waals surface area contributed by atoms with Gasteiger partial charge in [-0.25, -0.2) is 0 Å². The molecule has 1 rings (SSSR count). The maximum absolute atomic E-state index is 3.69. The van der Waals surface area contributed by atoms with Crippen LogP contribution in [0.1, 0.15) is 61.3 Å². The van der Waals surface area contributed by atoms with Gasteiger partial charge in [0.15, 0.2) is 0 Å². The summed E-state index contributed by atoms with van der Waals surface area (Å²) in [4.78, 5) is 0. The molecule has 1 heteroatoms. The lowest BCUT2D eigenvalue weighted by atomic mass is 9.70. The molecular weight excluding hydrogens is 206 g/mol. The minimum absolute atomic E-state index is 0.434. The van der Waals surface area contributed by atoms with Crippen molar-refractivity contribution in [2.45, 2.75) is 61.3 Å². The highest BCUT2D eigenvalue weighted by atomic mass is 14.9. The van der Waals surface area contributed by atoms with E-state index in [2.05, 4.69) is 53.8 Å². The topological polar surface area (TPSA) is 12.0 Å². The van der Waals surface area contributed by atoms with Crippen LogP contribution in [0.2, 0.25) is 0 Å². The quantitative estimate of drug-likeness (QED) is 0.718. The van der Waals surface area contributed by atoms with Crippen LogP contribution in [0.15, 0.2) is 0 Å². The minimum Gasteiger partial charge on any atom is -0.316 e. The lowest BCUT2D eigenvalue weighted by Gasteiger charge is -2.35. The Morgan fingerprint density at radius 1 is 0.941 bits per heavy atom. The van der Waals surface area contributed by atoms with Gasteiger partial charge in [-0.3, -0.25) is 0 Å². The third-order valence-corrected chi connectivity index (χ3v) is 4.46. The molecular formula is C16H33N. The van der Waals surface area contributed by atoms with Gasteiger partial charge in [-0.1, -0.05) is 48.5 Å². The van der Waals surface area contributed by atoms with Crippen molar-refractivity contribution in [3.8, 4) is 0 Å². The van der Waals surface area contributed by atoms with E-state index in [0.717, 1.165) is 30.8 Å². The average molecular weight is 239 g/mol. The van der Waals surface area contributed by atoms with Crippen molar-refractivity contribution >= 4 is 0 Å². The van der Waals surface area contributed by atoms with Crippen LogP contribution in [0.5, 0.6) is 0 Å². The molecule has 0 aromatic heterocycles. The molecule has 2 unspecified atom stereocenters. The van der Waals surface area contributed by atoms with E-state index in [0.29, 0.717) is 10.8 Å². The summed E-state index contributed by atoms with van der Waals surface area (Å²) in [5.41, 5.74) is 0.872. The van der Waals surface area contributed by atoms with E-state index in [9.17, 15) is 0 Å². The Kier molecular flexibility index (Phi) is 4.68. The van der Waals surface area contributed by atoms with Crippen LogP contribution in [-0.4, -0.2) is 13.1 Å². The normalized spacial score (nSPS) is 33.9. The molecule has 1 nitrogen and oxygen atoms in total. The van der Waals surface area contributed by atoms with Gasteiger partial charge in [0.05, 0.1) is 0 Å². The molecule has 0 spiro atoms. The molecule has 0 bridgehead atoms. The zero-order chi connectivity index (χ0) is 13.3. The van der Waals surface area contributed by atoms with Crippen molar-refractivity contribution in [2.75, 3.05) is 13.1 Å². The fourth-order valence-electron chi connectivity index (χ4n) is 3.64. The maximum Gasteiger partial charge on any atom is 0.000285 e. The fraction of sp³-hybridized carbons (Fsp3) is 1.00. The molecule has 1 saturated heterocycles. The van der Waals surface area contributed by atoms with Gasteiger partial charge in [0, 0.05) is 13.1 Å². The van der Waals surface area contributed by atoms with Crippen LogP contribution in [0.4, 0.5) is 0 Å². The zero-order valence-corrected chi connectivity index (χ0v) is 13.1. The molecule has 0 aliphatic carbocycles. The Bertz CT molecular complexity index is 240. The molecule has 102 valence electrons. The van der Waals surface area contributed by atoms with Crippen LogP contribution in [-0.2, 0) is 0 Å². The molecule has 0 saturated carbocycles. The predicted octanol–water partition coefficient (Wildman–Crippen LogP) is 4.33. The van der Waals surface area contributed by atoms with Crippen molar-refractivity contribution < 1.29 is 0 Å². The third kappa shape index (κ3) is 4.62. The Hall–Kier alpha value is -0.0400. The average Bonchev–Trinajstić information content (AvgIpc) is 2.14. The lowest BCUT2D eigenvalue weighted by molar-refractivity contribution is 0.150. The van der Waals surface area contributed by atoms with E-state index >= 15 is 0 Å².